The molecule has 0 heterocycles. The summed E-state index contributed by atoms with van der Waals surface area (Å²) in [5, 5.41) is 11.0. The van der Waals surface area contributed by atoms with Gasteiger partial charge in [-0.15, -0.1) is 0 Å². The molecule has 0 aromatic rings. The van der Waals surface area contributed by atoms with Crippen molar-refractivity contribution in [3.8, 4) is 0 Å². The number of alkyl halides is 6. The van der Waals surface area contributed by atoms with Crippen molar-refractivity contribution in [2.24, 2.45) is 5.92 Å². The number of halogens is 6. The van der Waals surface area contributed by atoms with E-state index in [1.165, 1.54) is 13.8 Å². The monoisotopic (exact) mass is 325 g/mol. The summed E-state index contributed by atoms with van der Waals surface area (Å²) < 4.78 is 80.0. The molecule has 1 atom stereocenters. The number of nitrogens with one attached hydrogen (secondary N) is 1. The standard InChI is InChI=1S/C11H17F6NO3/c1-6(2)4-7(21-8(19)18-3)5-9(20,10(12,13)14)11(15,16)17/h6-7,20H,4-5H2,1-3H3,(H,18,19). The number of carbonyl (C=O) groups is 1. The molecular weight excluding hydrogens is 308 g/mol. The minimum atomic E-state index is -5.94. The second-order valence-corrected chi connectivity index (χ2v) is 4.97. The summed E-state index contributed by atoms with van der Waals surface area (Å²) in [6, 6.07) is 0. The van der Waals surface area contributed by atoms with Crippen LogP contribution in [0.4, 0.5) is 31.1 Å². The maximum atomic E-state index is 12.6. The first-order valence-electron chi connectivity index (χ1n) is 5.98. The van der Waals surface area contributed by atoms with E-state index >= 15 is 0 Å². The van der Waals surface area contributed by atoms with E-state index in [2.05, 4.69) is 4.74 Å². The van der Waals surface area contributed by atoms with Gasteiger partial charge in [-0.3, -0.25) is 0 Å². The van der Waals surface area contributed by atoms with Crippen molar-refractivity contribution in [1.82, 2.24) is 5.32 Å². The molecule has 0 fully saturated rings. The maximum absolute atomic E-state index is 12.6. The number of rotatable bonds is 5. The predicted octanol–water partition coefficient (Wildman–Crippen LogP) is 3.00. The molecule has 10 heteroatoms. The number of ether oxygens (including phenoxy) is 1. The lowest BCUT2D eigenvalue weighted by Crippen LogP contribution is -2.58. The largest absolute Gasteiger partial charge is 0.446 e. The van der Waals surface area contributed by atoms with Crippen molar-refractivity contribution < 1.29 is 41.0 Å². The maximum Gasteiger partial charge on any atom is 0.426 e. The topological polar surface area (TPSA) is 58.6 Å². The van der Waals surface area contributed by atoms with Crippen molar-refractivity contribution in [1.29, 1.82) is 0 Å². The smallest absolute Gasteiger partial charge is 0.426 e. The normalized spacial score (nSPS) is 15.0. The van der Waals surface area contributed by atoms with Gasteiger partial charge in [-0.1, -0.05) is 13.8 Å². The van der Waals surface area contributed by atoms with Gasteiger partial charge in [0.05, 0.1) is 0 Å². The summed E-state index contributed by atoms with van der Waals surface area (Å²) >= 11 is 0. The van der Waals surface area contributed by atoms with Gasteiger partial charge in [0.1, 0.15) is 6.10 Å². The van der Waals surface area contributed by atoms with Gasteiger partial charge in [0.15, 0.2) is 0 Å². The predicted molar refractivity (Wildman–Crippen MR) is 60.5 cm³/mol. The highest BCUT2D eigenvalue weighted by Crippen LogP contribution is 2.46. The Morgan fingerprint density at radius 3 is 1.86 bits per heavy atom. The molecule has 0 aromatic carbocycles. The van der Waals surface area contributed by atoms with Crippen molar-refractivity contribution in [3.63, 3.8) is 0 Å². The number of amides is 1. The number of carbonyl (C=O) groups excluding carboxylic acids is 1. The Kier molecular flexibility index (Phi) is 6.33. The molecule has 4 nitrogen and oxygen atoms in total. The second kappa shape index (κ2) is 6.71. The summed E-state index contributed by atoms with van der Waals surface area (Å²) in [5.74, 6) is -0.342. The third-order valence-corrected chi connectivity index (χ3v) is 2.67. The third-order valence-electron chi connectivity index (χ3n) is 2.67. The van der Waals surface area contributed by atoms with E-state index in [1.54, 1.807) is 0 Å². The van der Waals surface area contributed by atoms with Crippen LogP contribution >= 0.6 is 0 Å². The Balaban J connectivity index is 5.36. The van der Waals surface area contributed by atoms with Crippen LogP contribution in [0.15, 0.2) is 0 Å². The summed E-state index contributed by atoms with van der Waals surface area (Å²) in [5.41, 5.74) is -4.94. The first-order chi connectivity index (χ1) is 9.24. The molecule has 1 amide bonds. The zero-order valence-electron chi connectivity index (χ0n) is 11.6. The summed E-state index contributed by atoms with van der Waals surface area (Å²) in [6.07, 6.45) is -16.9. The fourth-order valence-electron chi connectivity index (χ4n) is 1.63. The van der Waals surface area contributed by atoms with Gasteiger partial charge < -0.3 is 15.2 Å². The molecule has 0 aliphatic carbocycles. The highest BCUT2D eigenvalue weighted by molar-refractivity contribution is 5.66. The zero-order chi connectivity index (χ0) is 17.1. The van der Waals surface area contributed by atoms with Gasteiger partial charge in [0.25, 0.3) is 5.60 Å². The number of aliphatic hydroxyl groups is 1. The van der Waals surface area contributed by atoms with Crippen LogP contribution in [0.2, 0.25) is 0 Å². The van der Waals surface area contributed by atoms with E-state index in [9.17, 15) is 31.1 Å². The van der Waals surface area contributed by atoms with Crippen LogP contribution in [0, 0.1) is 5.92 Å². The van der Waals surface area contributed by atoms with Gasteiger partial charge in [-0.05, 0) is 12.3 Å². The third kappa shape index (κ3) is 5.25. The minimum Gasteiger partial charge on any atom is -0.446 e. The minimum absolute atomic E-state index is 0.262. The van der Waals surface area contributed by atoms with Crippen molar-refractivity contribution in [2.75, 3.05) is 7.05 Å². The fraction of sp³-hybridized carbons (Fsp3) is 0.909. The van der Waals surface area contributed by atoms with E-state index < -0.39 is 36.6 Å². The van der Waals surface area contributed by atoms with Crippen molar-refractivity contribution in [2.45, 2.75) is 50.7 Å². The fourth-order valence-corrected chi connectivity index (χ4v) is 1.63. The quantitative estimate of drug-likeness (QED) is 0.764. The summed E-state index contributed by atoms with van der Waals surface area (Å²) in [7, 11) is 1.11. The molecule has 21 heavy (non-hydrogen) atoms. The molecule has 1 unspecified atom stereocenters. The second-order valence-electron chi connectivity index (χ2n) is 4.97. The molecule has 0 saturated heterocycles. The lowest BCUT2D eigenvalue weighted by Gasteiger charge is -2.35. The van der Waals surface area contributed by atoms with Crippen LogP contribution in [0.25, 0.3) is 0 Å². The molecule has 0 aliphatic rings. The van der Waals surface area contributed by atoms with Gasteiger partial charge in [-0.2, -0.15) is 26.3 Å². The summed E-state index contributed by atoms with van der Waals surface area (Å²) in [6.45, 7) is 3.06. The first kappa shape index (κ1) is 19.8. The zero-order valence-corrected chi connectivity index (χ0v) is 11.6. The molecule has 2 N–H and O–H groups in total. The Hall–Kier alpha value is -1.19. The van der Waals surface area contributed by atoms with E-state index in [-0.39, 0.29) is 12.3 Å². The molecule has 126 valence electrons. The number of hydrogen-bond acceptors (Lipinski definition) is 3. The lowest BCUT2D eigenvalue weighted by molar-refractivity contribution is -0.374. The average Bonchev–Trinajstić information content (AvgIpc) is 2.24. The summed E-state index contributed by atoms with van der Waals surface area (Å²) in [4.78, 5) is 11.0. The van der Waals surface area contributed by atoms with Gasteiger partial charge in [0.2, 0.25) is 0 Å². The Morgan fingerprint density at radius 1 is 1.14 bits per heavy atom. The van der Waals surface area contributed by atoms with Gasteiger partial charge >= 0.3 is 18.4 Å². The lowest BCUT2D eigenvalue weighted by atomic mass is 9.90. The van der Waals surface area contributed by atoms with Crippen LogP contribution in [0.1, 0.15) is 26.7 Å². The SMILES string of the molecule is CNC(=O)OC(CC(C)C)CC(O)(C(F)(F)F)C(F)(F)F. The Labute approximate surface area is 117 Å². The van der Waals surface area contributed by atoms with E-state index in [0.29, 0.717) is 0 Å². The van der Waals surface area contributed by atoms with Crippen LogP contribution in [-0.2, 0) is 4.74 Å². The Bertz CT molecular complexity index is 339. The van der Waals surface area contributed by atoms with E-state index in [0.717, 1.165) is 7.05 Å². The average molecular weight is 325 g/mol. The highest BCUT2D eigenvalue weighted by atomic mass is 19.4. The van der Waals surface area contributed by atoms with Crippen molar-refractivity contribution >= 4 is 6.09 Å². The molecule has 0 rings (SSSR count). The van der Waals surface area contributed by atoms with Gasteiger partial charge in [-0.25, -0.2) is 4.79 Å². The molecule has 0 saturated carbocycles. The Morgan fingerprint density at radius 2 is 1.57 bits per heavy atom. The molecular formula is C11H17F6NO3. The van der Waals surface area contributed by atoms with Crippen LogP contribution in [0.5, 0.6) is 0 Å². The van der Waals surface area contributed by atoms with Crippen LogP contribution in [-0.4, -0.2) is 42.3 Å². The van der Waals surface area contributed by atoms with E-state index in [1.807, 2.05) is 5.32 Å². The number of hydrogen-bond donors (Lipinski definition) is 2. The molecule has 0 bridgehead atoms. The highest BCUT2D eigenvalue weighted by Gasteiger charge is 2.70. The number of alkyl carbamates (subject to hydrolysis) is 1. The molecule has 0 spiro atoms. The molecule has 0 aromatic heterocycles. The van der Waals surface area contributed by atoms with Crippen molar-refractivity contribution in [3.05, 3.63) is 0 Å². The van der Waals surface area contributed by atoms with Crippen LogP contribution < -0.4 is 5.32 Å². The van der Waals surface area contributed by atoms with Gasteiger partial charge in [0, 0.05) is 13.5 Å². The molecule has 0 aliphatic heterocycles. The molecule has 0 radical (unpaired) electrons. The first-order valence-corrected chi connectivity index (χ1v) is 5.98. The van der Waals surface area contributed by atoms with E-state index in [4.69, 9.17) is 5.11 Å². The van der Waals surface area contributed by atoms with Crippen LogP contribution in [0.3, 0.4) is 0 Å².